The van der Waals surface area contributed by atoms with Crippen LogP contribution in [0.25, 0.3) is 0 Å². The second kappa shape index (κ2) is 3.57. The van der Waals surface area contributed by atoms with Gasteiger partial charge in [0.25, 0.3) is 0 Å². The molecule has 66 valence electrons. The minimum atomic E-state index is -0.159. The van der Waals surface area contributed by atoms with Crippen LogP contribution in [0.3, 0.4) is 0 Å². The Kier molecular flexibility index (Phi) is 2.69. The fourth-order valence-electron chi connectivity index (χ4n) is 1.02. The zero-order valence-corrected chi connectivity index (χ0v) is 7.71. The van der Waals surface area contributed by atoms with Crippen LogP contribution in [0.4, 0.5) is 10.1 Å². The van der Waals surface area contributed by atoms with E-state index in [1.807, 2.05) is 31.9 Å². The third-order valence-corrected chi connectivity index (χ3v) is 2.01. The van der Waals surface area contributed by atoms with Crippen molar-refractivity contribution in [2.45, 2.75) is 19.9 Å². The Hall–Kier alpha value is -1.05. The summed E-state index contributed by atoms with van der Waals surface area (Å²) in [6.07, 6.45) is 0. The molecule has 0 heterocycles. The maximum atomic E-state index is 13.2. The molecule has 12 heavy (non-hydrogen) atoms. The normalized spacial score (nSPS) is 10.4. The fraction of sp³-hybridized carbons (Fsp3) is 0.400. The highest BCUT2D eigenvalue weighted by Crippen LogP contribution is 2.18. The summed E-state index contributed by atoms with van der Waals surface area (Å²) >= 11 is 0. The van der Waals surface area contributed by atoms with Gasteiger partial charge < -0.3 is 4.90 Å². The van der Waals surface area contributed by atoms with E-state index < -0.39 is 0 Å². The number of nitrogens with zero attached hydrogens (tertiary/aromatic N) is 1. The first-order chi connectivity index (χ1) is 5.63. The van der Waals surface area contributed by atoms with Crippen molar-refractivity contribution in [3.05, 3.63) is 30.1 Å². The molecular weight excluding hydrogens is 153 g/mol. The molecule has 0 radical (unpaired) electrons. The summed E-state index contributed by atoms with van der Waals surface area (Å²) in [7, 11) is 1.89. The lowest BCUT2D eigenvalue weighted by Crippen LogP contribution is -2.26. The molecule has 0 bridgehead atoms. The van der Waals surface area contributed by atoms with Crippen LogP contribution in [-0.2, 0) is 0 Å². The van der Waals surface area contributed by atoms with Crippen molar-refractivity contribution in [3.63, 3.8) is 0 Å². The van der Waals surface area contributed by atoms with E-state index in [0.29, 0.717) is 11.7 Å². The summed E-state index contributed by atoms with van der Waals surface area (Å²) in [5, 5.41) is 0. The molecule has 1 aromatic carbocycles. The summed E-state index contributed by atoms with van der Waals surface area (Å²) < 4.78 is 13.2. The zero-order chi connectivity index (χ0) is 9.14. The van der Waals surface area contributed by atoms with Crippen molar-refractivity contribution < 1.29 is 4.39 Å². The van der Waals surface area contributed by atoms with Gasteiger partial charge in [0.1, 0.15) is 5.82 Å². The maximum absolute atomic E-state index is 13.2. The van der Waals surface area contributed by atoms with E-state index in [-0.39, 0.29) is 5.82 Å². The highest BCUT2D eigenvalue weighted by Gasteiger charge is 2.08. The van der Waals surface area contributed by atoms with Crippen LogP contribution in [-0.4, -0.2) is 13.1 Å². The summed E-state index contributed by atoms with van der Waals surface area (Å²) in [5.41, 5.74) is 0.660. The van der Waals surface area contributed by atoms with E-state index in [2.05, 4.69) is 0 Å². The van der Waals surface area contributed by atoms with Gasteiger partial charge in [-0.05, 0) is 26.0 Å². The van der Waals surface area contributed by atoms with E-state index in [4.69, 9.17) is 0 Å². The lowest BCUT2D eigenvalue weighted by atomic mass is 10.2. The molecule has 1 aromatic rings. The minimum Gasteiger partial charge on any atom is -0.370 e. The van der Waals surface area contributed by atoms with Crippen molar-refractivity contribution >= 4 is 5.69 Å². The highest BCUT2D eigenvalue weighted by atomic mass is 19.1. The number of rotatable bonds is 2. The Morgan fingerprint density at radius 2 is 1.83 bits per heavy atom. The van der Waals surface area contributed by atoms with E-state index >= 15 is 0 Å². The predicted octanol–water partition coefficient (Wildman–Crippen LogP) is 2.67. The molecule has 0 N–H and O–H groups in total. The molecule has 0 fully saturated rings. The molecule has 0 saturated carbocycles. The average molecular weight is 167 g/mol. The predicted molar refractivity (Wildman–Crippen MR) is 49.9 cm³/mol. The van der Waals surface area contributed by atoms with Gasteiger partial charge in [0.15, 0.2) is 0 Å². The van der Waals surface area contributed by atoms with Crippen LogP contribution >= 0.6 is 0 Å². The standard InChI is InChI=1S/C10H14FN/c1-8(2)12(3)10-7-5-4-6-9(10)11/h4-8H,1-3H3. The first-order valence-corrected chi connectivity index (χ1v) is 4.10. The molecule has 1 nitrogen and oxygen atoms in total. The van der Waals surface area contributed by atoms with Gasteiger partial charge >= 0.3 is 0 Å². The molecule has 0 saturated heterocycles. The average Bonchev–Trinajstić information content (AvgIpc) is 2.04. The number of hydrogen-bond donors (Lipinski definition) is 0. The van der Waals surface area contributed by atoms with Gasteiger partial charge in [0, 0.05) is 13.1 Å². The van der Waals surface area contributed by atoms with Crippen molar-refractivity contribution in [2.75, 3.05) is 11.9 Å². The smallest absolute Gasteiger partial charge is 0.146 e. The molecule has 0 unspecified atom stereocenters. The Labute approximate surface area is 72.8 Å². The van der Waals surface area contributed by atoms with Crippen LogP contribution in [0, 0.1) is 5.82 Å². The lowest BCUT2D eigenvalue weighted by molar-refractivity contribution is 0.614. The molecule has 0 aromatic heterocycles. The number of halogens is 1. The molecule has 2 heteroatoms. The summed E-state index contributed by atoms with van der Waals surface area (Å²) in [5.74, 6) is -0.159. The molecule has 0 amide bonds. The topological polar surface area (TPSA) is 3.24 Å². The second-order valence-electron chi connectivity index (χ2n) is 3.16. The summed E-state index contributed by atoms with van der Waals surface area (Å²) in [6, 6.07) is 7.13. The third-order valence-electron chi connectivity index (χ3n) is 2.01. The molecule has 0 aliphatic rings. The Morgan fingerprint density at radius 3 is 2.33 bits per heavy atom. The van der Waals surface area contributed by atoms with Gasteiger partial charge in [-0.3, -0.25) is 0 Å². The molecule has 1 rings (SSSR count). The van der Waals surface area contributed by atoms with Gasteiger partial charge in [0.2, 0.25) is 0 Å². The Balaban J connectivity index is 2.94. The summed E-state index contributed by atoms with van der Waals surface area (Å²) in [6.45, 7) is 4.07. The van der Waals surface area contributed by atoms with Gasteiger partial charge in [-0.1, -0.05) is 12.1 Å². The monoisotopic (exact) mass is 167 g/mol. The first kappa shape index (κ1) is 9.04. The SMILES string of the molecule is CC(C)N(C)c1ccccc1F. The van der Waals surface area contributed by atoms with Gasteiger partial charge in [-0.2, -0.15) is 0 Å². The number of benzene rings is 1. The number of anilines is 1. The van der Waals surface area contributed by atoms with Crippen molar-refractivity contribution in [1.82, 2.24) is 0 Å². The lowest BCUT2D eigenvalue weighted by Gasteiger charge is -2.23. The van der Waals surface area contributed by atoms with Crippen molar-refractivity contribution in [2.24, 2.45) is 0 Å². The zero-order valence-electron chi connectivity index (χ0n) is 7.71. The van der Waals surface area contributed by atoms with E-state index in [1.165, 1.54) is 6.07 Å². The van der Waals surface area contributed by atoms with Crippen LogP contribution in [0.1, 0.15) is 13.8 Å². The summed E-state index contributed by atoms with van der Waals surface area (Å²) in [4.78, 5) is 1.91. The molecule has 0 spiro atoms. The van der Waals surface area contributed by atoms with Crippen molar-refractivity contribution in [1.29, 1.82) is 0 Å². The second-order valence-corrected chi connectivity index (χ2v) is 3.16. The van der Waals surface area contributed by atoms with Gasteiger partial charge in [0.05, 0.1) is 5.69 Å². The fourth-order valence-corrected chi connectivity index (χ4v) is 1.02. The van der Waals surface area contributed by atoms with Crippen molar-refractivity contribution in [3.8, 4) is 0 Å². The number of para-hydroxylation sites is 1. The van der Waals surface area contributed by atoms with Crippen LogP contribution in [0.15, 0.2) is 24.3 Å². The van der Waals surface area contributed by atoms with Crippen LogP contribution < -0.4 is 4.90 Å². The highest BCUT2D eigenvalue weighted by molar-refractivity contribution is 5.47. The van der Waals surface area contributed by atoms with Gasteiger partial charge in [-0.15, -0.1) is 0 Å². The van der Waals surface area contributed by atoms with Gasteiger partial charge in [-0.25, -0.2) is 4.39 Å². The van der Waals surface area contributed by atoms with E-state index in [1.54, 1.807) is 12.1 Å². The minimum absolute atomic E-state index is 0.159. The molecular formula is C10H14FN. The molecule has 0 atom stereocenters. The van der Waals surface area contributed by atoms with Crippen LogP contribution in [0.5, 0.6) is 0 Å². The quantitative estimate of drug-likeness (QED) is 0.654. The maximum Gasteiger partial charge on any atom is 0.146 e. The molecule has 0 aliphatic heterocycles. The Morgan fingerprint density at radius 1 is 1.25 bits per heavy atom. The third kappa shape index (κ3) is 1.76. The van der Waals surface area contributed by atoms with E-state index in [9.17, 15) is 4.39 Å². The number of hydrogen-bond acceptors (Lipinski definition) is 1. The molecule has 0 aliphatic carbocycles. The van der Waals surface area contributed by atoms with Crippen LogP contribution in [0.2, 0.25) is 0 Å². The van der Waals surface area contributed by atoms with E-state index in [0.717, 1.165) is 0 Å². The Bertz CT molecular complexity index is 258. The first-order valence-electron chi connectivity index (χ1n) is 4.10. The largest absolute Gasteiger partial charge is 0.370 e.